The maximum absolute atomic E-state index is 13.5. The molecule has 0 radical (unpaired) electrons. The number of esters is 2. The summed E-state index contributed by atoms with van der Waals surface area (Å²) in [5.74, 6) is -0.701. The van der Waals surface area contributed by atoms with Crippen molar-refractivity contribution >= 4 is 100 Å². The number of benzene rings is 6. The van der Waals surface area contributed by atoms with Crippen molar-refractivity contribution < 1.29 is 19.1 Å². The SMILES string of the molecule is O=C1OC2=C(c3cc4ccc(N(c5ccccc5)c5ccccc5)cc4s3)C(=O)OC2=C1c1cc2ccc(N(c3ccccc3)c3ccccc3)cc2s1. The van der Waals surface area contributed by atoms with Crippen LogP contribution in [0.4, 0.5) is 34.1 Å². The number of hydrogen-bond acceptors (Lipinski definition) is 8. The molecule has 8 heteroatoms. The lowest BCUT2D eigenvalue weighted by atomic mass is 10.1. The topological polar surface area (TPSA) is 59.1 Å². The summed E-state index contributed by atoms with van der Waals surface area (Å²) >= 11 is 2.94. The molecule has 2 aliphatic rings. The van der Waals surface area contributed by atoms with Crippen molar-refractivity contribution in [2.75, 3.05) is 9.80 Å². The minimum Gasteiger partial charge on any atom is -0.418 e. The molecule has 10 rings (SSSR count). The van der Waals surface area contributed by atoms with Crippen molar-refractivity contribution in [1.82, 2.24) is 0 Å². The predicted molar refractivity (Wildman–Crippen MR) is 219 cm³/mol. The first-order chi connectivity index (χ1) is 26.6. The molecule has 0 fully saturated rings. The first-order valence-corrected chi connectivity index (χ1v) is 19.0. The molecule has 2 aromatic heterocycles. The van der Waals surface area contributed by atoms with Crippen LogP contribution >= 0.6 is 22.7 Å². The second-order valence-electron chi connectivity index (χ2n) is 12.9. The number of thiophene rings is 2. The molecule has 258 valence electrons. The number of hydrogen-bond donors (Lipinski definition) is 0. The number of para-hydroxylation sites is 4. The zero-order chi connectivity index (χ0) is 36.2. The van der Waals surface area contributed by atoms with Crippen LogP contribution in [0.15, 0.2) is 181 Å². The average molecular weight is 737 g/mol. The van der Waals surface area contributed by atoms with Crippen LogP contribution in [-0.4, -0.2) is 11.9 Å². The van der Waals surface area contributed by atoms with Gasteiger partial charge in [0.15, 0.2) is 11.5 Å². The van der Waals surface area contributed by atoms with Gasteiger partial charge in [0.1, 0.15) is 11.1 Å². The molecule has 4 heterocycles. The van der Waals surface area contributed by atoms with Crippen LogP contribution in [0, 0.1) is 0 Å². The molecule has 0 atom stereocenters. The van der Waals surface area contributed by atoms with E-state index in [0.717, 1.165) is 54.3 Å². The van der Waals surface area contributed by atoms with Crippen molar-refractivity contribution in [1.29, 1.82) is 0 Å². The Hall–Kier alpha value is -6.74. The van der Waals surface area contributed by atoms with Crippen LogP contribution in [-0.2, 0) is 19.1 Å². The number of anilines is 6. The molecule has 8 aromatic rings. The van der Waals surface area contributed by atoms with Crippen LogP contribution in [0.2, 0.25) is 0 Å². The molecule has 0 saturated carbocycles. The smallest absolute Gasteiger partial charge is 0.349 e. The van der Waals surface area contributed by atoms with Gasteiger partial charge in [-0.2, -0.15) is 0 Å². The molecule has 0 saturated heterocycles. The Balaban J connectivity index is 1.02. The Labute approximate surface area is 318 Å². The summed E-state index contributed by atoms with van der Waals surface area (Å²) in [4.78, 5) is 32.9. The summed E-state index contributed by atoms with van der Waals surface area (Å²) in [7, 11) is 0. The van der Waals surface area contributed by atoms with Gasteiger partial charge in [0.2, 0.25) is 0 Å². The molecule has 0 unspecified atom stereocenters. The molecular formula is C46H28N2O4S2. The molecule has 54 heavy (non-hydrogen) atoms. The van der Waals surface area contributed by atoms with Crippen molar-refractivity contribution in [2.24, 2.45) is 0 Å². The van der Waals surface area contributed by atoms with Crippen molar-refractivity contribution in [2.45, 2.75) is 0 Å². The van der Waals surface area contributed by atoms with Crippen LogP contribution in [0.3, 0.4) is 0 Å². The minimum absolute atomic E-state index is 0.180. The van der Waals surface area contributed by atoms with Crippen LogP contribution in [0.1, 0.15) is 9.75 Å². The maximum Gasteiger partial charge on any atom is 0.349 e. The molecule has 0 aliphatic carbocycles. The number of ether oxygens (including phenoxy) is 2. The summed E-state index contributed by atoms with van der Waals surface area (Å²) in [5, 5.41) is 1.95. The van der Waals surface area contributed by atoms with Gasteiger partial charge < -0.3 is 19.3 Å². The average Bonchev–Trinajstić information content (AvgIpc) is 3.97. The van der Waals surface area contributed by atoms with E-state index in [1.54, 1.807) is 0 Å². The summed E-state index contributed by atoms with van der Waals surface area (Å²) in [5.41, 5.74) is 6.64. The number of rotatable bonds is 8. The predicted octanol–water partition coefficient (Wildman–Crippen LogP) is 12.3. The number of carbonyl (C=O) groups excluding carboxylic acids is 2. The van der Waals surface area contributed by atoms with E-state index in [0.29, 0.717) is 9.75 Å². The van der Waals surface area contributed by atoms with E-state index in [4.69, 9.17) is 9.47 Å². The molecule has 6 aromatic carbocycles. The van der Waals surface area contributed by atoms with Gasteiger partial charge in [0.25, 0.3) is 0 Å². The number of carbonyl (C=O) groups is 2. The number of nitrogens with zero attached hydrogens (tertiary/aromatic N) is 2. The monoisotopic (exact) mass is 736 g/mol. The normalized spacial score (nSPS) is 13.8. The molecule has 0 spiro atoms. The molecule has 0 amide bonds. The highest BCUT2D eigenvalue weighted by Crippen LogP contribution is 2.48. The van der Waals surface area contributed by atoms with E-state index in [-0.39, 0.29) is 22.7 Å². The van der Waals surface area contributed by atoms with Crippen LogP contribution in [0.25, 0.3) is 31.3 Å². The molecular weight excluding hydrogens is 709 g/mol. The summed E-state index contributed by atoms with van der Waals surface area (Å²) in [6, 6.07) is 57.3. The molecule has 0 bridgehead atoms. The molecule has 6 nitrogen and oxygen atoms in total. The Bertz CT molecular complexity index is 2530. The van der Waals surface area contributed by atoms with Crippen molar-refractivity contribution in [3.8, 4) is 0 Å². The highest BCUT2D eigenvalue weighted by molar-refractivity contribution is 7.21. The van der Waals surface area contributed by atoms with Gasteiger partial charge in [-0.05, 0) is 95.7 Å². The van der Waals surface area contributed by atoms with E-state index in [2.05, 4.69) is 94.7 Å². The fourth-order valence-corrected chi connectivity index (χ4v) is 9.34. The third-order valence-electron chi connectivity index (χ3n) is 9.53. The highest BCUT2D eigenvalue weighted by atomic mass is 32.1. The van der Waals surface area contributed by atoms with Gasteiger partial charge in [0.05, 0.1) is 0 Å². The van der Waals surface area contributed by atoms with E-state index < -0.39 is 11.9 Å². The lowest BCUT2D eigenvalue weighted by Crippen LogP contribution is -2.09. The van der Waals surface area contributed by atoms with Crippen LogP contribution < -0.4 is 9.80 Å². The summed E-state index contributed by atoms with van der Waals surface area (Å²) in [6.07, 6.45) is 0. The highest BCUT2D eigenvalue weighted by Gasteiger charge is 2.44. The standard InChI is InChI=1S/C46H28N2O4S2/c49-45-41(39-25-29-21-23-35(27-37(29)53-39)47(31-13-5-1-6-14-31)32-15-7-2-8-16-32)43-44(52-45)42(46(50)51-43)40-26-30-22-24-36(28-38(30)54-40)48(33-17-9-3-10-18-33)34-19-11-4-12-20-34/h1-28H. The lowest BCUT2D eigenvalue weighted by molar-refractivity contribution is -0.131. The largest absolute Gasteiger partial charge is 0.418 e. The third-order valence-corrected chi connectivity index (χ3v) is 11.8. The summed E-state index contributed by atoms with van der Waals surface area (Å²) < 4.78 is 13.7. The zero-order valence-electron chi connectivity index (χ0n) is 28.5. The van der Waals surface area contributed by atoms with Crippen LogP contribution in [0.5, 0.6) is 0 Å². The third kappa shape index (κ3) is 5.47. The van der Waals surface area contributed by atoms with E-state index in [9.17, 15) is 9.59 Å². The first-order valence-electron chi connectivity index (χ1n) is 17.4. The Morgan fingerprint density at radius 2 is 0.704 bits per heavy atom. The zero-order valence-corrected chi connectivity index (χ0v) is 30.1. The quantitative estimate of drug-likeness (QED) is 0.145. The Morgan fingerprint density at radius 3 is 1.04 bits per heavy atom. The first kappa shape index (κ1) is 32.0. The van der Waals surface area contributed by atoms with Crippen molar-refractivity contribution in [3.63, 3.8) is 0 Å². The van der Waals surface area contributed by atoms with Gasteiger partial charge in [-0.25, -0.2) is 9.59 Å². The Morgan fingerprint density at radius 1 is 0.370 bits per heavy atom. The fourth-order valence-electron chi connectivity index (χ4n) is 7.09. The second kappa shape index (κ2) is 13.0. The van der Waals surface area contributed by atoms with E-state index in [1.807, 2.05) is 84.9 Å². The van der Waals surface area contributed by atoms with Gasteiger partial charge in [-0.3, -0.25) is 0 Å². The summed E-state index contributed by atoms with van der Waals surface area (Å²) in [6.45, 7) is 0. The van der Waals surface area contributed by atoms with E-state index >= 15 is 0 Å². The lowest BCUT2D eigenvalue weighted by Gasteiger charge is -2.25. The second-order valence-corrected chi connectivity index (χ2v) is 15.0. The minimum atomic E-state index is -0.531. The van der Waals surface area contributed by atoms with Gasteiger partial charge in [-0.1, -0.05) is 84.9 Å². The van der Waals surface area contributed by atoms with E-state index in [1.165, 1.54) is 22.7 Å². The Kier molecular flexibility index (Phi) is 7.71. The van der Waals surface area contributed by atoms with Gasteiger partial charge >= 0.3 is 11.9 Å². The molecule has 2 aliphatic heterocycles. The fraction of sp³-hybridized carbons (Fsp3) is 0. The van der Waals surface area contributed by atoms with Gasteiger partial charge in [0, 0.05) is 53.3 Å². The maximum atomic E-state index is 13.5. The van der Waals surface area contributed by atoms with Gasteiger partial charge in [-0.15, -0.1) is 22.7 Å². The van der Waals surface area contributed by atoms with Crippen molar-refractivity contribution in [3.05, 3.63) is 191 Å². The molecule has 0 N–H and O–H groups in total. The number of fused-ring (bicyclic) bond motifs is 3.